The Labute approximate surface area is 99.5 Å². The molecule has 0 aromatic heterocycles. The maximum absolute atomic E-state index is 5.35. The minimum atomic E-state index is -0.239. The minimum Gasteiger partial charge on any atom is -0.390 e. The van der Waals surface area contributed by atoms with E-state index >= 15 is 0 Å². The molecule has 0 saturated heterocycles. The van der Waals surface area contributed by atoms with Crippen molar-refractivity contribution in [3.8, 4) is 0 Å². The molecule has 0 bridgehead atoms. The zero-order valence-corrected chi connectivity index (χ0v) is 11.1. The Balaban J connectivity index is 2.76. The summed E-state index contributed by atoms with van der Waals surface area (Å²) in [6.45, 7) is 7.87. The van der Waals surface area contributed by atoms with Crippen molar-refractivity contribution in [3.05, 3.63) is 34.3 Å². The first kappa shape index (κ1) is 12.2. The highest BCUT2D eigenvalue weighted by Gasteiger charge is 2.10. The lowest BCUT2D eigenvalue weighted by molar-refractivity contribution is 0.000956. The second-order valence-corrected chi connectivity index (χ2v) is 5.30. The Morgan fingerprint density at radius 3 is 2.20 bits per heavy atom. The molecule has 0 unspecified atom stereocenters. The summed E-state index contributed by atoms with van der Waals surface area (Å²) in [6, 6.07) is 8.00. The van der Waals surface area contributed by atoms with Crippen molar-refractivity contribution in [1.82, 2.24) is 0 Å². The molecular weight excluding hydrogens is 254 g/mol. The fourth-order valence-corrected chi connectivity index (χ4v) is 1.21. The molecule has 0 heterocycles. The maximum atomic E-state index is 5.35. The van der Waals surface area contributed by atoms with Crippen molar-refractivity contribution >= 4 is 21.6 Å². The van der Waals surface area contributed by atoms with Crippen molar-refractivity contribution in [1.29, 1.82) is 0 Å². The van der Waals surface area contributed by atoms with Crippen molar-refractivity contribution in [2.45, 2.75) is 33.3 Å². The third kappa shape index (κ3) is 4.47. The summed E-state index contributed by atoms with van der Waals surface area (Å²) in [7, 11) is 0. The summed E-state index contributed by atoms with van der Waals surface area (Å²) in [6.07, 6.45) is 0. The highest BCUT2D eigenvalue weighted by molar-refractivity contribution is 9.10. The van der Waals surface area contributed by atoms with Crippen LogP contribution in [0.2, 0.25) is 0 Å². The predicted molar refractivity (Wildman–Crippen MR) is 67.2 cm³/mol. The van der Waals surface area contributed by atoms with Gasteiger partial charge in [-0.05, 0) is 45.4 Å². The Morgan fingerprint density at radius 2 is 1.73 bits per heavy atom. The summed E-state index contributed by atoms with van der Waals surface area (Å²) in [5.74, 6) is 0. The van der Waals surface area contributed by atoms with E-state index in [1.165, 1.54) is 0 Å². The molecule has 0 aliphatic rings. The zero-order valence-electron chi connectivity index (χ0n) is 9.54. The molecule has 0 N–H and O–H groups in total. The van der Waals surface area contributed by atoms with Gasteiger partial charge in [0.05, 0.1) is 5.71 Å². The average Bonchev–Trinajstić information content (AvgIpc) is 2.14. The van der Waals surface area contributed by atoms with Crippen LogP contribution in [0.1, 0.15) is 33.3 Å². The molecule has 82 valence electrons. The van der Waals surface area contributed by atoms with Crippen molar-refractivity contribution in [2.75, 3.05) is 0 Å². The third-order valence-electron chi connectivity index (χ3n) is 1.72. The summed E-state index contributed by atoms with van der Waals surface area (Å²) in [4.78, 5) is 5.35. The highest BCUT2D eigenvalue weighted by Crippen LogP contribution is 2.13. The van der Waals surface area contributed by atoms with Gasteiger partial charge < -0.3 is 4.84 Å². The fraction of sp³-hybridized carbons (Fsp3) is 0.417. The Kier molecular flexibility index (Phi) is 3.91. The Hall–Kier alpha value is -0.830. The molecule has 1 aromatic carbocycles. The maximum Gasteiger partial charge on any atom is 0.129 e. The van der Waals surface area contributed by atoms with Gasteiger partial charge in [-0.25, -0.2) is 0 Å². The van der Waals surface area contributed by atoms with Crippen LogP contribution in [0.25, 0.3) is 0 Å². The van der Waals surface area contributed by atoms with Crippen molar-refractivity contribution in [2.24, 2.45) is 5.16 Å². The van der Waals surface area contributed by atoms with E-state index in [0.29, 0.717) is 0 Å². The summed E-state index contributed by atoms with van der Waals surface area (Å²) in [5, 5.41) is 4.10. The molecule has 0 fully saturated rings. The van der Waals surface area contributed by atoms with Crippen LogP contribution in [0, 0.1) is 0 Å². The second kappa shape index (κ2) is 4.79. The first-order valence-corrected chi connectivity index (χ1v) is 5.66. The van der Waals surface area contributed by atoms with Crippen LogP contribution in [0.5, 0.6) is 0 Å². The van der Waals surface area contributed by atoms with Crippen LogP contribution in [0.4, 0.5) is 0 Å². The van der Waals surface area contributed by atoms with Gasteiger partial charge in [0.1, 0.15) is 5.60 Å². The fourth-order valence-electron chi connectivity index (χ4n) is 0.949. The lowest BCUT2D eigenvalue weighted by Gasteiger charge is -2.16. The van der Waals surface area contributed by atoms with Crippen LogP contribution in [-0.2, 0) is 4.84 Å². The molecule has 0 amide bonds. The molecule has 0 atom stereocenters. The average molecular weight is 270 g/mol. The molecule has 0 radical (unpaired) electrons. The number of hydrogen-bond acceptors (Lipinski definition) is 2. The third-order valence-corrected chi connectivity index (χ3v) is 2.25. The van der Waals surface area contributed by atoms with Crippen molar-refractivity contribution in [3.63, 3.8) is 0 Å². The first-order chi connectivity index (χ1) is 6.88. The van der Waals surface area contributed by atoms with Gasteiger partial charge in [-0.15, -0.1) is 0 Å². The SMILES string of the molecule is CC(=NOC(C)(C)C)c1ccc(Br)cc1. The van der Waals surface area contributed by atoms with E-state index in [4.69, 9.17) is 4.84 Å². The standard InChI is InChI=1S/C12H16BrNO/c1-9(14-15-12(2,3)4)10-5-7-11(13)8-6-10/h5-8H,1-4H3. The topological polar surface area (TPSA) is 21.6 Å². The first-order valence-electron chi connectivity index (χ1n) is 4.87. The lowest BCUT2D eigenvalue weighted by Crippen LogP contribution is -2.16. The van der Waals surface area contributed by atoms with E-state index in [-0.39, 0.29) is 5.60 Å². The second-order valence-electron chi connectivity index (χ2n) is 4.39. The molecule has 0 saturated carbocycles. The predicted octanol–water partition coefficient (Wildman–Crippen LogP) is 3.99. The van der Waals surface area contributed by atoms with Gasteiger partial charge in [-0.3, -0.25) is 0 Å². The molecule has 0 spiro atoms. The molecule has 1 rings (SSSR count). The van der Waals surface area contributed by atoms with Gasteiger partial charge in [0.25, 0.3) is 0 Å². The molecule has 15 heavy (non-hydrogen) atoms. The van der Waals surface area contributed by atoms with Gasteiger partial charge in [0.2, 0.25) is 0 Å². The normalized spacial score (nSPS) is 12.7. The number of nitrogens with zero attached hydrogens (tertiary/aromatic N) is 1. The summed E-state index contributed by atoms with van der Waals surface area (Å²) >= 11 is 3.39. The molecule has 0 aliphatic heterocycles. The van der Waals surface area contributed by atoms with Crippen LogP contribution in [-0.4, -0.2) is 11.3 Å². The minimum absolute atomic E-state index is 0.239. The quantitative estimate of drug-likeness (QED) is 0.588. The van der Waals surface area contributed by atoms with Gasteiger partial charge in [0.15, 0.2) is 0 Å². The van der Waals surface area contributed by atoms with Crippen LogP contribution < -0.4 is 0 Å². The molecule has 0 aliphatic carbocycles. The van der Waals surface area contributed by atoms with Crippen LogP contribution in [0.3, 0.4) is 0 Å². The zero-order chi connectivity index (χ0) is 11.5. The number of halogens is 1. The molecule has 3 heteroatoms. The molecule has 2 nitrogen and oxygen atoms in total. The largest absolute Gasteiger partial charge is 0.390 e. The molecule has 1 aromatic rings. The van der Waals surface area contributed by atoms with Crippen molar-refractivity contribution < 1.29 is 4.84 Å². The smallest absolute Gasteiger partial charge is 0.129 e. The monoisotopic (exact) mass is 269 g/mol. The lowest BCUT2D eigenvalue weighted by atomic mass is 10.1. The van der Waals surface area contributed by atoms with Crippen LogP contribution >= 0.6 is 15.9 Å². The van der Waals surface area contributed by atoms with E-state index < -0.39 is 0 Å². The van der Waals surface area contributed by atoms with E-state index in [0.717, 1.165) is 15.7 Å². The number of hydrogen-bond donors (Lipinski definition) is 0. The van der Waals surface area contributed by atoms with Gasteiger partial charge >= 0.3 is 0 Å². The number of benzene rings is 1. The number of oxime groups is 1. The molecular formula is C12H16BrNO. The highest BCUT2D eigenvalue weighted by atomic mass is 79.9. The number of rotatable bonds is 2. The summed E-state index contributed by atoms with van der Waals surface area (Å²) in [5.41, 5.74) is 1.72. The van der Waals surface area contributed by atoms with Gasteiger partial charge in [-0.2, -0.15) is 0 Å². The Morgan fingerprint density at radius 1 is 1.20 bits per heavy atom. The summed E-state index contributed by atoms with van der Waals surface area (Å²) < 4.78 is 1.07. The van der Waals surface area contributed by atoms with Crippen LogP contribution in [0.15, 0.2) is 33.9 Å². The van der Waals surface area contributed by atoms with Gasteiger partial charge in [0, 0.05) is 4.47 Å². The van der Waals surface area contributed by atoms with E-state index in [1.54, 1.807) is 0 Å². The van der Waals surface area contributed by atoms with Gasteiger partial charge in [-0.1, -0.05) is 33.2 Å². The van der Waals surface area contributed by atoms with E-state index in [2.05, 4.69) is 21.1 Å². The van der Waals surface area contributed by atoms with E-state index in [9.17, 15) is 0 Å². The van der Waals surface area contributed by atoms with E-state index in [1.807, 2.05) is 52.0 Å². The Bertz CT molecular complexity index is 349.